The van der Waals surface area contributed by atoms with Crippen molar-refractivity contribution in [2.45, 2.75) is 48.3 Å². The number of hydrogen-bond donors (Lipinski definition) is 2. The van der Waals surface area contributed by atoms with Crippen molar-refractivity contribution in [3.8, 4) is 0 Å². The largest absolute Gasteiger partial charge is 0.324 e. The first kappa shape index (κ1) is 18.4. The van der Waals surface area contributed by atoms with Crippen molar-refractivity contribution < 1.29 is 8.42 Å². The molecule has 8 heteroatoms. The standard InChI is InChI=1S/C12H19BrN2O2S2.ClH/c13-10-5-8-18-11(10)19(16,17)15-9-12(14)6-3-1-2-4-7-12;/h5,8,15H,1-4,6-7,9,14H2;1H. The molecule has 0 amide bonds. The van der Waals surface area contributed by atoms with Crippen LogP contribution in [0.2, 0.25) is 0 Å². The van der Waals surface area contributed by atoms with Crippen molar-refractivity contribution >= 4 is 49.7 Å². The van der Waals surface area contributed by atoms with Gasteiger partial charge in [-0.05, 0) is 40.2 Å². The van der Waals surface area contributed by atoms with Gasteiger partial charge >= 0.3 is 0 Å². The highest BCUT2D eigenvalue weighted by Crippen LogP contribution is 2.28. The number of rotatable bonds is 4. The summed E-state index contributed by atoms with van der Waals surface area (Å²) in [6, 6.07) is 1.74. The second-order valence-electron chi connectivity index (χ2n) is 5.16. The first-order valence-electron chi connectivity index (χ1n) is 6.45. The lowest BCUT2D eigenvalue weighted by Crippen LogP contribution is -2.49. The molecule has 3 N–H and O–H groups in total. The summed E-state index contributed by atoms with van der Waals surface area (Å²) >= 11 is 4.46. The second-order valence-corrected chi connectivity index (χ2v) is 8.89. The summed E-state index contributed by atoms with van der Waals surface area (Å²) in [5.41, 5.74) is 5.93. The number of nitrogens with one attached hydrogen (secondary N) is 1. The van der Waals surface area contributed by atoms with Gasteiger partial charge in [0.2, 0.25) is 0 Å². The molecule has 1 fully saturated rings. The van der Waals surface area contributed by atoms with E-state index in [1.165, 1.54) is 24.2 Å². The van der Waals surface area contributed by atoms with Gasteiger partial charge in [-0.15, -0.1) is 23.7 Å². The van der Waals surface area contributed by atoms with Crippen molar-refractivity contribution in [2.24, 2.45) is 5.73 Å². The molecule has 0 aliphatic heterocycles. The third-order valence-electron chi connectivity index (χ3n) is 3.54. The van der Waals surface area contributed by atoms with Gasteiger partial charge in [0.25, 0.3) is 10.0 Å². The predicted octanol–water partition coefficient (Wildman–Crippen LogP) is 3.26. The normalized spacial score (nSPS) is 19.1. The van der Waals surface area contributed by atoms with Gasteiger partial charge in [0.05, 0.1) is 0 Å². The molecular weight excluding hydrogens is 384 g/mol. The maximum Gasteiger partial charge on any atom is 0.251 e. The van der Waals surface area contributed by atoms with Crippen LogP contribution in [0.15, 0.2) is 20.1 Å². The van der Waals surface area contributed by atoms with E-state index in [0.717, 1.165) is 25.7 Å². The first-order chi connectivity index (χ1) is 8.93. The SMILES string of the molecule is Cl.NC1(CNS(=O)(=O)c2sccc2Br)CCCCCC1. The summed E-state index contributed by atoms with van der Waals surface area (Å²) in [5.74, 6) is 0. The summed E-state index contributed by atoms with van der Waals surface area (Å²) in [6.45, 7) is 0.319. The Morgan fingerprint density at radius 1 is 1.30 bits per heavy atom. The van der Waals surface area contributed by atoms with Gasteiger partial charge in [-0.1, -0.05) is 25.7 Å². The molecule has 1 aliphatic rings. The van der Waals surface area contributed by atoms with Crippen LogP contribution in [0.5, 0.6) is 0 Å². The molecule has 1 aromatic rings. The molecule has 1 heterocycles. The van der Waals surface area contributed by atoms with Crippen molar-refractivity contribution in [3.05, 3.63) is 15.9 Å². The van der Waals surface area contributed by atoms with E-state index in [2.05, 4.69) is 20.7 Å². The molecule has 0 atom stereocenters. The van der Waals surface area contributed by atoms with Gasteiger partial charge in [0, 0.05) is 16.6 Å². The number of nitrogens with two attached hydrogens (primary N) is 1. The van der Waals surface area contributed by atoms with Gasteiger partial charge < -0.3 is 5.73 Å². The van der Waals surface area contributed by atoms with E-state index in [4.69, 9.17) is 5.73 Å². The Labute approximate surface area is 139 Å². The summed E-state index contributed by atoms with van der Waals surface area (Å²) in [7, 11) is -3.46. The lowest BCUT2D eigenvalue weighted by molar-refractivity contribution is 0.369. The van der Waals surface area contributed by atoms with Crippen LogP contribution in [0.25, 0.3) is 0 Å². The number of sulfonamides is 1. The van der Waals surface area contributed by atoms with Crippen LogP contribution in [-0.2, 0) is 10.0 Å². The quantitative estimate of drug-likeness (QED) is 0.758. The average Bonchev–Trinajstić information content (AvgIpc) is 2.67. The Bertz CT molecular complexity index is 525. The zero-order chi connectivity index (χ0) is 13.9. The van der Waals surface area contributed by atoms with Gasteiger partial charge in [0.1, 0.15) is 4.21 Å². The highest BCUT2D eigenvalue weighted by Gasteiger charge is 2.29. The van der Waals surface area contributed by atoms with Gasteiger partial charge in [0.15, 0.2) is 0 Å². The fourth-order valence-electron chi connectivity index (χ4n) is 2.39. The maximum atomic E-state index is 12.2. The van der Waals surface area contributed by atoms with E-state index in [9.17, 15) is 8.42 Å². The van der Waals surface area contributed by atoms with Crippen LogP contribution in [0.1, 0.15) is 38.5 Å². The van der Waals surface area contributed by atoms with Gasteiger partial charge in [-0.2, -0.15) is 0 Å². The molecule has 4 nitrogen and oxygen atoms in total. The summed E-state index contributed by atoms with van der Waals surface area (Å²) < 4.78 is 28.0. The number of hydrogen-bond acceptors (Lipinski definition) is 4. The van der Waals surface area contributed by atoms with Crippen molar-refractivity contribution in [3.63, 3.8) is 0 Å². The van der Waals surface area contributed by atoms with E-state index < -0.39 is 15.6 Å². The van der Waals surface area contributed by atoms with E-state index in [0.29, 0.717) is 15.2 Å². The highest BCUT2D eigenvalue weighted by molar-refractivity contribution is 9.10. The summed E-state index contributed by atoms with van der Waals surface area (Å²) in [6.07, 6.45) is 6.34. The fraction of sp³-hybridized carbons (Fsp3) is 0.667. The van der Waals surface area contributed by atoms with E-state index in [-0.39, 0.29) is 12.4 Å². The third kappa shape index (κ3) is 4.68. The van der Waals surface area contributed by atoms with Gasteiger partial charge in [-0.25, -0.2) is 13.1 Å². The van der Waals surface area contributed by atoms with E-state index >= 15 is 0 Å². The lowest BCUT2D eigenvalue weighted by Gasteiger charge is -2.28. The summed E-state index contributed by atoms with van der Waals surface area (Å²) in [4.78, 5) is 0. The minimum atomic E-state index is -3.46. The monoisotopic (exact) mass is 402 g/mol. The molecule has 0 saturated heterocycles. The zero-order valence-electron chi connectivity index (χ0n) is 11.1. The van der Waals surface area contributed by atoms with Crippen LogP contribution < -0.4 is 10.5 Å². The molecule has 1 saturated carbocycles. The van der Waals surface area contributed by atoms with Crippen LogP contribution in [0.4, 0.5) is 0 Å². The predicted molar refractivity (Wildman–Crippen MR) is 89.1 cm³/mol. The molecule has 0 bridgehead atoms. The molecule has 0 spiro atoms. The average molecular weight is 404 g/mol. The van der Waals surface area contributed by atoms with E-state index in [1.54, 1.807) is 11.4 Å². The zero-order valence-corrected chi connectivity index (χ0v) is 15.1. The molecule has 0 unspecified atom stereocenters. The van der Waals surface area contributed by atoms with Crippen LogP contribution in [0, 0.1) is 0 Å². The molecule has 1 aromatic heterocycles. The Morgan fingerprint density at radius 2 is 1.90 bits per heavy atom. The molecule has 2 rings (SSSR count). The maximum absolute atomic E-state index is 12.2. The molecule has 20 heavy (non-hydrogen) atoms. The Morgan fingerprint density at radius 3 is 2.40 bits per heavy atom. The number of thiophene rings is 1. The Hall–Kier alpha value is 0.340. The van der Waals surface area contributed by atoms with Gasteiger partial charge in [-0.3, -0.25) is 0 Å². The van der Waals surface area contributed by atoms with Crippen molar-refractivity contribution in [2.75, 3.05) is 6.54 Å². The second kappa shape index (κ2) is 7.56. The molecular formula is C12H20BrClN2O2S2. The fourth-order valence-corrected chi connectivity index (χ4v) is 5.90. The Kier molecular flexibility index (Phi) is 6.95. The molecule has 0 radical (unpaired) electrons. The lowest BCUT2D eigenvalue weighted by atomic mass is 9.92. The summed E-state index contributed by atoms with van der Waals surface area (Å²) in [5, 5.41) is 1.75. The third-order valence-corrected chi connectivity index (χ3v) is 7.61. The first-order valence-corrected chi connectivity index (χ1v) is 9.60. The molecule has 0 aromatic carbocycles. The minimum Gasteiger partial charge on any atom is -0.324 e. The van der Waals surface area contributed by atoms with Crippen molar-refractivity contribution in [1.82, 2.24) is 4.72 Å². The van der Waals surface area contributed by atoms with Crippen molar-refractivity contribution in [1.29, 1.82) is 0 Å². The Balaban J connectivity index is 0.00000200. The molecule has 116 valence electrons. The van der Waals surface area contributed by atoms with Crippen LogP contribution in [-0.4, -0.2) is 20.5 Å². The van der Waals surface area contributed by atoms with Crippen LogP contribution in [0.3, 0.4) is 0 Å². The topological polar surface area (TPSA) is 72.2 Å². The van der Waals surface area contributed by atoms with Crippen LogP contribution >= 0.6 is 39.7 Å². The molecule has 1 aliphatic carbocycles. The smallest absolute Gasteiger partial charge is 0.251 e. The highest BCUT2D eigenvalue weighted by atomic mass is 79.9. The van der Waals surface area contributed by atoms with E-state index in [1.807, 2.05) is 0 Å². The minimum absolute atomic E-state index is 0. The number of halogens is 2.